The Morgan fingerprint density at radius 1 is 1.53 bits per heavy atom. The topological polar surface area (TPSA) is 29.1 Å². The predicted octanol–water partition coefficient (Wildman–Crippen LogP) is 3.88. The van der Waals surface area contributed by atoms with Gasteiger partial charge in [-0.2, -0.15) is 0 Å². The van der Waals surface area contributed by atoms with Crippen molar-refractivity contribution in [2.75, 3.05) is 5.32 Å². The SMILES string of the molecule is Cc1cc(F)c(Br)cc1NC(=O)C(C)C1CC1. The van der Waals surface area contributed by atoms with Crippen LogP contribution in [0.5, 0.6) is 0 Å². The summed E-state index contributed by atoms with van der Waals surface area (Å²) in [5.41, 5.74) is 1.41. The van der Waals surface area contributed by atoms with Crippen LogP contribution in [0.15, 0.2) is 16.6 Å². The van der Waals surface area contributed by atoms with Gasteiger partial charge in [-0.15, -0.1) is 0 Å². The first-order chi connectivity index (χ1) is 7.99. The quantitative estimate of drug-likeness (QED) is 0.901. The number of nitrogens with one attached hydrogen (secondary N) is 1. The van der Waals surface area contributed by atoms with Gasteiger partial charge in [-0.3, -0.25) is 4.79 Å². The van der Waals surface area contributed by atoms with Crippen molar-refractivity contribution in [3.63, 3.8) is 0 Å². The lowest BCUT2D eigenvalue weighted by atomic mass is 10.1. The number of aryl methyl sites for hydroxylation is 1. The molecule has 2 rings (SSSR count). The number of hydrogen-bond donors (Lipinski definition) is 1. The van der Waals surface area contributed by atoms with Gasteiger partial charge in [0.1, 0.15) is 5.82 Å². The van der Waals surface area contributed by atoms with E-state index in [1.165, 1.54) is 6.07 Å². The van der Waals surface area contributed by atoms with Crippen molar-refractivity contribution < 1.29 is 9.18 Å². The molecule has 0 aliphatic heterocycles. The van der Waals surface area contributed by atoms with E-state index in [1.807, 2.05) is 6.92 Å². The van der Waals surface area contributed by atoms with Crippen molar-refractivity contribution in [3.8, 4) is 0 Å². The van der Waals surface area contributed by atoms with Crippen LogP contribution in [0.2, 0.25) is 0 Å². The Kier molecular flexibility index (Phi) is 3.52. The van der Waals surface area contributed by atoms with Gasteiger partial charge < -0.3 is 5.32 Å². The molecule has 4 heteroatoms. The molecule has 1 unspecified atom stereocenters. The molecular weight excluding hydrogens is 285 g/mol. The number of amides is 1. The van der Waals surface area contributed by atoms with Gasteiger partial charge in [-0.05, 0) is 59.3 Å². The fourth-order valence-corrected chi connectivity index (χ4v) is 2.18. The Balaban J connectivity index is 2.12. The third-order valence-corrected chi connectivity index (χ3v) is 3.88. The molecule has 92 valence electrons. The first-order valence-corrected chi connectivity index (χ1v) is 6.55. The van der Waals surface area contributed by atoms with Crippen LogP contribution in [-0.4, -0.2) is 5.91 Å². The molecule has 17 heavy (non-hydrogen) atoms. The van der Waals surface area contributed by atoms with Crippen LogP contribution in [0.1, 0.15) is 25.3 Å². The Morgan fingerprint density at radius 3 is 2.76 bits per heavy atom. The van der Waals surface area contributed by atoms with Crippen LogP contribution in [0.25, 0.3) is 0 Å². The second kappa shape index (κ2) is 4.77. The Morgan fingerprint density at radius 2 is 2.18 bits per heavy atom. The summed E-state index contributed by atoms with van der Waals surface area (Å²) in [6.07, 6.45) is 2.28. The second-order valence-corrected chi connectivity index (χ2v) is 5.55. The second-order valence-electron chi connectivity index (χ2n) is 4.70. The summed E-state index contributed by atoms with van der Waals surface area (Å²) in [6, 6.07) is 3.03. The van der Waals surface area contributed by atoms with E-state index in [4.69, 9.17) is 0 Å². The van der Waals surface area contributed by atoms with Crippen LogP contribution in [0.3, 0.4) is 0 Å². The third kappa shape index (κ3) is 2.86. The van der Waals surface area contributed by atoms with Crippen molar-refractivity contribution in [3.05, 3.63) is 28.0 Å². The maximum Gasteiger partial charge on any atom is 0.227 e. The molecule has 1 amide bonds. The van der Waals surface area contributed by atoms with E-state index in [2.05, 4.69) is 21.2 Å². The van der Waals surface area contributed by atoms with Gasteiger partial charge >= 0.3 is 0 Å². The summed E-state index contributed by atoms with van der Waals surface area (Å²) in [6.45, 7) is 3.73. The molecule has 1 atom stereocenters. The molecule has 1 fully saturated rings. The number of rotatable bonds is 3. The Bertz CT molecular complexity index is 457. The van der Waals surface area contributed by atoms with Gasteiger partial charge in [-0.1, -0.05) is 6.92 Å². The molecule has 0 spiro atoms. The predicted molar refractivity (Wildman–Crippen MR) is 69.4 cm³/mol. The number of carbonyl (C=O) groups is 1. The molecule has 0 bridgehead atoms. The molecule has 1 aromatic carbocycles. The average Bonchev–Trinajstić information content (AvgIpc) is 3.08. The summed E-state index contributed by atoms with van der Waals surface area (Å²) in [5, 5.41) is 2.86. The van der Waals surface area contributed by atoms with Gasteiger partial charge in [0.2, 0.25) is 5.91 Å². The first kappa shape index (κ1) is 12.6. The highest BCUT2D eigenvalue weighted by atomic mass is 79.9. The summed E-state index contributed by atoms with van der Waals surface area (Å²) in [5.74, 6) is 0.280. The molecule has 1 N–H and O–H groups in total. The number of anilines is 1. The number of halogens is 2. The van der Waals surface area contributed by atoms with Crippen molar-refractivity contribution in [2.45, 2.75) is 26.7 Å². The number of hydrogen-bond acceptors (Lipinski definition) is 1. The highest BCUT2D eigenvalue weighted by Gasteiger charge is 2.32. The van der Waals surface area contributed by atoms with E-state index in [9.17, 15) is 9.18 Å². The largest absolute Gasteiger partial charge is 0.326 e. The third-order valence-electron chi connectivity index (χ3n) is 3.27. The maximum absolute atomic E-state index is 13.2. The minimum atomic E-state index is -0.309. The zero-order valence-electron chi connectivity index (χ0n) is 9.89. The number of benzene rings is 1. The maximum atomic E-state index is 13.2. The summed E-state index contributed by atoms with van der Waals surface area (Å²) in [7, 11) is 0. The molecule has 0 aromatic heterocycles. The van der Waals surface area contributed by atoms with Crippen LogP contribution in [0.4, 0.5) is 10.1 Å². The molecular formula is C13H15BrFNO. The lowest BCUT2D eigenvalue weighted by Gasteiger charge is -2.13. The van der Waals surface area contributed by atoms with Crippen molar-refractivity contribution in [1.82, 2.24) is 0 Å². The molecule has 0 radical (unpaired) electrons. The van der Waals surface area contributed by atoms with E-state index in [0.29, 0.717) is 16.1 Å². The molecule has 1 saturated carbocycles. The monoisotopic (exact) mass is 299 g/mol. The molecule has 2 nitrogen and oxygen atoms in total. The smallest absolute Gasteiger partial charge is 0.227 e. The van der Waals surface area contributed by atoms with Gasteiger partial charge in [-0.25, -0.2) is 4.39 Å². The Hall–Kier alpha value is -0.900. The molecule has 0 heterocycles. The van der Waals surface area contributed by atoms with Crippen LogP contribution < -0.4 is 5.32 Å². The van der Waals surface area contributed by atoms with Crippen molar-refractivity contribution in [2.24, 2.45) is 11.8 Å². The standard InChI is InChI=1S/C13H15BrFNO/c1-7-5-11(15)10(14)6-12(7)16-13(17)8(2)9-3-4-9/h5-6,8-9H,3-4H2,1-2H3,(H,16,17). The first-order valence-electron chi connectivity index (χ1n) is 5.75. The van der Waals surface area contributed by atoms with Crippen molar-refractivity contribution in [1.29, 1.82) is 0 Å². The normalized spacial score (nSPS) is 16.7. The Labute approximate surface area is 109 Å². The van der Waals surface area contributed by atoms with E-state index in [1.54, 1.807) is 13.0 Å². The minimum Gasteiger partial charge on any atom is -0.326 e. The minimum absolute atomic E-state index is 0.0223. The van der Waals surface area contributed by atoms with Gasteiger partial charge in [0.25, 0.3) is 0 Å². The van der Waals surface area contributed by atoms with E-state index in [-0.39, 0.29) is 17.6 Å². The highest BCUT2D eigenvalue weighted by Crippen LogP contribution is 2.37. The zero-order valence-corrected chi connectivity index (χ0v) is 11.5. The van der Waals surface area contributed by atoms with E-state index in [0.717, 1.165) is 18.4 Å². The van der Waals surface area contributed by atoms with Crippen LogP contribution in [-0.2, 0) is 4.79 Å². The van der Waals surface area contributed by atoms with Gasteiger partial charge in [0, 0.05) is 11.6 Å². The molecule has 1 aliphatic carbocycles. The van der Waals surface area contributed by atoms with Crippen LogP contribution >= 0.6 is 15.9 Å². The lowest BCUT2D eigenvalue weighted by molar-refractivity contribution is -0.119. The number of carbonyl (C=O) groups excluding carboxylic acids is 1. The van der Waals surface area contributed by atoms with E-state index < -0.39 is 0 Å². The fourth-order valence-electron chi connectivity index (χ4n) is 1.84. The van der Waals surface area contributed by atoms with Crippen LogP contribution in [0, 0.1) is 24.6 Å². The summed E-state index contributed by atoms with van der Waals surface area (Å²) >= 11 is 3.12. The van der Waals surface area contributed by atoms with Crippen molar-refractivity contribution >= 4 is 27.5 Å². The zero-order chi connectivity index (χ0) is 12.6. The molecule has 1 aromatic rings. The van der Waals surface area contributed by atoms with E-state index >= 15 is 0 Å². The summed E-state index contributed by atoms with van der Waals surface area (Å²) in [4.78, 5) is 11.9. The molecule has 0 saturated heterocycles. The summed E-state index contributed by atoms with van der Waals surface area (Å²) < 4.78 is 13.6. The average molecular weight is 300 g/mol. The van der Waals surface area contributed by atoms with Gasteiger partial charge in [0.05, 0.1) is 4.47 Å². The fraction of sp³-hybridized carbons (Fsp3) is 0.462. The van der Waals surface area contributed by atoms with Gasteiger partial charge in [0.15, 0.2) is 0 Å². The highest BCUT2D eigenvalue weighted by molar-refractivity contribution is 9.10. The lowest BCUT2D eigenvalue weighted by Crippen LogP contribution is -2.22. The molecule has 1 aliphatic rings.